The van der Waals surface area contributed by atoms with Crippen LogP contribution in [0.1, 0.15) is 61.3 Å². The van der Waals surface area contributed by atoms with Crippen LogP contribution in [-0.4, -0.2) is 28.3 Å². The van der Waals surface area contributed by atoms with Crippen LogP contribution in [0.5, 0.6) is 0 Å². The van der Waals surface area contributed by atoms with Crippen molar-refractivity contribution in [2.24, 2.45) is 41.2 Å². The van der Waals surface area contributed by atoms with Crippen molar-refractivity contribution in [3.8, 4) is 0 Å². The van der Waals surface area contributed by atoms with Crippen LogP contribution < -0.4 is 5.73 Å². The standard InChI is InChI=1S/C26H45NO3/c1-9-11-13-18(4)23(16-24(27)28)22(8)26(30)21(7)15-17(3)14-20(6)25(29)19(5)12-10-2/h9-14,18-23,25-26,29-30H,1,15-16H2,2-8H3,(H2,27,28)/b12-10-,13-11-,17-14-. The molecule has 8 unspecified atom stereocenters. The van der Waals surface area contributed by atoms with Crippen molar-refractivity contribution < 1.29 is 15.0 Å². The van der Waals surface area contributed by atoms with Crippen molar-refractivity contribution in [3.05, 3.63) is 48.6 Å². The zero-order valence-corrected chi connectivity index (χ0v) is 20.1. The van der Waals surface area contributed by atoms with Crippen LogP contribution in [0.15, 0.2) is 48.6 Å². The molecule has 0 fully saturated rings. The van der Waals surface area contributed by atoms with Crippen LogP contribution in [0, 0.1) is 35.5 Å². The summed E-state index contributed by atoms with van der Waals surface area (Å²) < 4.78 is 0. The summed E-state index contributed by atoms with van der Waals surface area (Å²) in [5.41, 5.74) is 6.63. The van der Waals surface area contributed by atoms with Gasteiger partial charge in [-0.3, -0.25) is 4.79 Å². The van der Waals surface area contributed by atoms with Crippen LogP contribution in [0.2, 0.25) is 0 Å². The van der Waals surface area contributed by atoms with Crippen LogP contribution >= 0.6 is 0 Å². The molecule has 0 aromatic heterocycles. The number of hydrogen-bond acceptors (Lipinski definition) is 3. The molecule has 0 aliphatic rings. The third kappa shape index (κ3) is 9.90. The highest BCUT2D eigenvalue weighted by atomic mass is 16.3. The van der Waals surface area contributed by atoms with Gasteiger partial charge in [-0.1, -0.05) is 83.2 Å². The summed E-state index contributed by atoms with van der Waals surface area (Å²) in [4.78, 5) is 11.6. The first-order chi connectivity index (χ1) is 14.0. The first-order valence-corrected chi connectivity index (χ1v) is 11.2. The molecule has 4 N–H and O–H groups in total. The van der Waals surface area contributed by atoms with Gasteiger partial charge in [-0.05, 0) is 43.9 Å². The zero-order chi connectivity index (χ0) is 23.4. The van der Waals surface area contributed by atoms with Gasteiger partial charge in [0.2, 0.25) is 5.91 Å². The number of amides is 1. The lowest BCUT2D eigenvalue weighted by Crippen LogP contribution is -2.36. The van der Waals surface area contributed by atoms with Crippen molar-refractivity contribution in [2.45, 2.75) is 73.5 Å². The molecule has 0 heterocycles. The van der Waals surface area contributed by atoms with Gasteiger partial charge in [0, 0.05) is 18.3 Å². The lowest BCUT2D eigenvalue weighted by molar-refractivity contribution is -0.120. The Kier molecular flexibility index (Phi) is 13.6. The van der Waals surface area contributed by atoms with E-state index in [-0.39, 0.29) is 47.8 Å². The maximum absolute atomic E-state index is 11.6. The van der Waals surface area contributed by atoms with Crippen LogP contribution in [0.4, 0.5) is 0 Å². The molecule has 0 aromatic carbocycles. The predicted octanol–water partition coefficient (Wildman–Crippen LogP) is 5.04. The molecule has 0 spiro atoms. The van der Waals surface area contributed by atoms with E-state index in [0.717, 1.165) is 12.0 Å². The van der Waals surface area contributed by atoms with Crippen LogP contribution in [-0.2, 0) is 4.79 Å². The Labute approximate surface area is 184 Å². The molecule has 8 atom stereocenters. The minimum atomic E-state index is -0.556. The van der Waals surface area contributed by atoms with Crippen molar-refractivity contribution in [2.75, 3.05) is 0 Å². The lowest BCUT2D eigenvalue weighted by Gasteiger charge is -2.34. The summed E-state index contributed by atoms with van der Waals surface area (Å²) in [6.07, 6.45) is 11.7. The van der Waals surface area contributed by atoms with E-state index in [1.165, 1.54) is 0 Å². The Morgan fingerprint density at radius 2 is 1.57 bits per heavy atom. The Morgan fingerprint density at radius 1 is 0.967 bits per heavy atom. The Bertz CT molecular complexity index is 607. The van der Waals surface area contributed by atoms with Gasteiger partial charge in [-0.15, -0.1) is 0 Å². The molecular weight excluding hydrogens is 374 g/mol. The largest absolute Gasteiger partial charge is 0.393 e. The second-order valence-electron chi connectivity index (χ2n) is 9.09. The summed E-state index contributed by atoms with van der Waals surface area (Å²) >= 11 is 0. The van der Waals surface area contributed by atoms with Crippen LogP contribution in [0.25, 0.3) is 0 Å². The molecule has 0 aliphatic carbocycles. The Morgan fingerprint density at radius 3 is 2.07 bits per heavy atom. The Balaban J connectivity index is 5.21. The number of rotatable bonds is 14. The molecule has 0 bridgehead atoms. The number of aliphatic hydroxyl groups excluding tert-OH is 2. The molecule has 0 saturated carbocycles. The molecule has 0 saturated heterocycles. The molecule has 1 amide bonds. The topological polar surface area (TPSA) is 83.6 Å². The minimum absolute atomic E-state index is 0.0273. The maximum Gasteiger partial charge on any atom is 0.217 e. The van der Waals surface area contributed by atoms with Gasteiger partial charge < -0.3 is 15.9 Å². The smallest absolute Gasteiger partial charge is 0.217 e. The maximum atomic E-state index is 11.6. The average Bonchev–Trinajstić information content (AvgIpc) is 2.68. The fourth-order valence-electron chi connectivity index (χ4n) is 4.39. The third-order valence-corrected chi connectivity index (χ3v) is 6.22. The second kappa shape index (κ2) is 14.4. The molecule has 0 radical (unpaired) electrons. The molecule has 4 heteroatoms. The van der Waals surface area contributed by atoms with E-state index in [1.807, 2.05) is 72.8 Å². The van der Waals surface area contributed by atoms with E-state index in [0.29, 0.717) is 0 Å². The van der Waals surface area contributed by atoms with Crippen LogP contribution in [0.3, 0.4) is 0 Å². The molecule has 172 valence electrons. The molecule has 4 nitrogen and oxygen atoms in total. The highest BCUT2D eigenvalue weighted by molar-refractivity contribution is 5.74. The number of hydrogen-bond donors (Lipinski definition) is 3. The number of aliphatic hydroxyl groups is 2. The van der Waals surface area contributed by atoms with Crippen molar-refractivity contribution in [3.63, 3.8) is 0 Å². The summed E-state index contributed by atoms with van der Waals surface area (Å²) in [6, 6.07) is 0. The fourth-order valence-corrected chi connectivity index (χ4v) is 4.39. The van der Waals surface area contributed by atoms with Gasteiger partial charge in [0.1, 0.15) is 0 Å². The number of primary amides is 1. The average molecular weight is 420 g/mol. The highest BCUT2D eigenvalue weighted by Gasteiger charge is 2.32. The molecule has 0 aromatic rings. The normalized spacial score (nSPS) is 21.0. The monoisotopic (exact) mass is 419 g/mol. The summed E-state index contributed by atoms with van der Waals surface area (Å²) in [7, 11) is 0. The summed E-state index contributed by atoms with van der Waals surface area (Å²) in [5, 5.41) is 21.5. The first-order valence-electron chi connectivity index (χ1n) is 11.2. The molecule has 30 heavy (non-hydrogen) atoms. The van der Waals surface area contributed by atoms with Crippen molar-refractivity contribution in [1.82, 2.24) is 0 Å². The summed E-state index contributed by atoms with van der Waals surface area (Å²) in [5.74, 6) is -0.210. The molecule has 0 aliphatic heterocycles. The zero-order valence-electron chi connectivity index (χ0n) is 20.1. The lowest BCUT2D eigenvalue weighted by atomic mass is 9.74. The minimum Gasteiger partial charge on any atom is -0.393 e. The van der Waals surface area contributed by atoms with Gasteiger partial charge in [-0.25, -0.2) is 0 Å². The SMILES string of the molecule is C=C/C=C\C(C)C(CC(N)=O)C(C)C(O)C(C)C/C(C)=C\C(C)C(O)C(C)/C=C\C. The third-order valence-electron chi connectivity index (χ3n) is 6.22. The fraction of sp³-hybridized carbons (Fsp3) is 0.654. The van der Waals surface area contributed by atoms with Gasteiger partial charge >= 0.3 is 0 Å². The van der Waals surface area contributed by atoms with Gasteiger partial charge in [-0.2, -0.15) is 0 Å². The van der Waals surface area contributed by atoms with Gasteiger partial charge in [0.15, 0.2) is 0 Å². The first kappa shape index (κ1) is 28.4. The number of carbonyl (C=O) groups is 1. The highest BCUT2D eigenvalue weighted by Crippen LogP contribution is 2.32. The Hall–Kier alpha value is -1.65. The van der Waals surface area contributed by atoms with E-state index < -0.39 is 12.2 Å². The van der Waals surface area contributed by atoms with Crippen molar-refractivity contribution >= 4 is 5.91 Å². The van der Waals surface area contributed by atoms with E-state index in [2.05, 4.69) is 12.7 Å². The quantitative estimate of drug-likeness (QED) is 0.272. The van der Waals surface area contributed by atoms with E-state index in [9.17, 15) is 15.0 Å². The van der Waals surface area contributed by atoms with Gasteiger partial charge in [0.25, 0.3) is 0 Å². The molecule has 0 rings (SSSR count). The van der Waals surface area contributed by atoms with E-state index in [1.54, 1.807) is 6.08 Å². The number of nitrogens with two attached hydrogens (primary N) is 1. The second-order valence-corrected chi connectivity index (χ2v) is 9.09. The number of allylic oxidation sites excluding steroid dienone is 5. The van der Waals surface area contributed by atoms with Crippen molar-refractivity contribution in [1.29, 1.82) is 0 Å². The summed E-state index contributed by atoms with van der Waals surface area (Å²) in [6.45, 7) is 17.8. The predicted molar refractivity (Wildman–Crippen MR) is 128 cm³/mol. The number of carbonyl (C=O) groups excluding carboxylic acids is 1. The van der Waals surface area contributed by atoms with Gasteiger partial charge in [0.05, 0.1) is 12.2 Å². The molecular formula is C26H45NO3. The van der Waals surface area contributed by atoms with E-state index in [4.69, 9.17) is 5.73 Å². The van der Waals surface area contributed by atoms with E-state index >= 15 is 0 Å².